The lowest BCUT2D eigenvalue weighted by Gasteiger charge is -2.30. The summed E-state index contributed by atoms with van der Waals surface area (Å²) in [5, 5.41) is 0. The fraction of sp³-hybridized carbons (Fsp3) is 0.933. The van der Waals surface area contributed by atoms with E-state index in [1.54, 1.807) is 0 Å². The maximum absolute atomic E-state index is 5.97. The number of hydrogen-bond donors (Lipinski definition) is 1. The molecule has 1 saturated heterocycles. The number of nitrogens with zero attached hydrogens (tertiary/aromatic N) is 3. The summed E-state index contributed by atoms with van der Waals surface area (Å²) >= 11 is 0. The molecule has 0 amide bonds. The van der Waals surface area contributed by atoms with Gasteiger partial charge in [-0.2, -0.15) is 0 Å². The summed E-state index contributed by atoms with van der Waals surface area (Å²) in [5.41, 5.74) is 5.97. The maximum atomic E-state index is 5.97. The van der Waals surface area contributed by atoms with Crippen molar-refractivity contribution in [2.45, 2.75) is 51.5 Å². The molecule has 0 spiro atoms. The van der Waals surface area contributed by atoms with Gasteiger partial charge in [0.25, 0.3) is 0 Å². The Morgan fingerprint density at radius 1 is 1.30 bits per heavy atom. The molecular weight excluding hydrogens is 363 g/mol. The van der Waals surface area contributed by atoms with Crippen LogP contribution >= 0.6 is 24.0 Å². The van der Waals surface area contributed by atoms with Crippen molar-refractivity contribution >= 4 is 29.9 Å². The summed E-state index contributed by atoms with van der Waals surface area (Å²) in [6, 6.07) is 0.665. The minimum absolute atomic E-state index is 0. The first-order chi connectivity index (χ1) is 9.16. The molecule has 2 rings (SSSR count). The first-order valence-corrected chi connectivity index (χ1v) is 7.92. The third-order valence-electron chi connectivity index (χ3n) is 4.35. The van der Waals surface area contributed by atoms with E-state index in [4.69, 9.17) is 5.73 Å². The number of nitrogens with two attached hydrogens (primary N) is 1. The Bertz CT molecular complexity index is 304. The quantitative estimate of drug-likeness (QED) is 0.326. The summed E-state index contributed by atoms with van der Waals surface area (Å²) in [5.74, 6) is 1.61. The average molecular weight is 394 g/mol. The Morgan fingerprint density at radius 3 is 2.70 bits per heavy atom. The smallest absolute Gasteiger partial charge is 0.191 e. The lowest BCUT2D eigenvalue weighted by atomic mass is 10.0. The Hall–Kier alpha value is -0.0400. The van der Waals surface area contributed by atoms with Crippen molar-refractivity contribution in [2.75, 3.05) is 33.2 Å². The molecule has 1 atom stereocenters. The molecule has 0 aromatic heterocycles. The van der Waals surface area contributed by atoms with Gasteiger partial charge in [-0.25, -0.2) is 0 Å². The van der Waals surface area contributed by atoms with E-state index in [-0.39, 0.29) is 24.0 Å². The largest absolute Gasteiger partial charge is 0.370 e. The number of rotatable bonds is 6. The highest BCUT2D eigenvalue weighted by Crippen LogP contribution is 2.24. The van der Waals surface area contributed by atoms with Gasteiger partial charge in [0.05, 0.1) is 0 Å². The number of likely N-dealkylation sites (tertiary alicyclic amines) is 1. The summed E-state index contributed by atoms with van der Waals surface area (Å²) in [6.45, 7) is 7.06. The van der Waals surface area contributed by atoms with Crippen LogP contribution in [-0.4, -0.2) is 55.0 Å². The molecule has 5 heteroatoms. The normalized spacial score (nSPS) is 24.3. The lowest BCUT2D eigenvalue weighted by Crippen LogP contribution is -2.36. The Morgan fingerprint density at radius 2 is 2.05 bits per heavy atom. The molecule has 0 bridgehead atoms. The zero-order valence-electron chi connectivity index (χ0n) is 13.1. The van der Waals surface area contributed by atoms with E-state index in [1.807, 2.05) is 0 Å². The molecule has 4 nitrogen and oxygen atoms in total. The molecule has 0 aromatic rings. The van der Waals surface area contributed by atoms with Gasteiger partial charge in [-0.15, -0.1) is 24.0 Å². The van der Waals surface area contributed by atoms with Gasteiger partial charge in [-0.3, -0.25) is 4.99 Å². The van der Waals surface area contributed by atoms with E-state index < -0.39 is 0 Å². The van der Waals surface area contributed by atoms with Crippen LogP contribution in [0.25, 0.3) is 0 Å². The summed E-state index contributed by atoms with van der Waals surface area (Å²) in [4.78, 5) is 9.22. The highest BCUT2D eigenvalue weighted by Gasteiger charge is 2.27. The number of piperidine rings is 1. The zero-order chi connectivity index (χ0) is 13.7. The maximum Gasteiger partial charge on any atom is 0.191 e. The van der Waals surface area contributed by atoms with Gasteiger partial charge in [-0.05, 0) is 57.5 Å². The standard InChI is InChI=1S/C15H30N4.HI/c1-13-6-5-11-19(12-13)10-4-3-9-17-15(16)18(2)14-7-8-14;/h13-14H,3-12H2,1-2H3,(H2,16,17);1H. The second-order valence-corrected chi connectivity index (χ2v) is 6.34. The van der Waals surface area contributed by atoms with Crippen LogP contribution in [0.5, 0.6) is 0 Å². The monoisotopic (exact) mass is 394 g/mol. The van der Waals surface area contributed by atoms with Gasteiger partial charge in [0, 0.05) is 26.2 Å². The molecule has 20 heavy (non-hydrogen) atoms. The molecule has 0 radical (unpaired) electrons. The predicted octanol–water partition coefficient (Wildman–Crippen LogP) is 2.53. The molecule has 1 unspecified atom stereocenters. The van der Waals surface area contributed by atoms with E-state index in [2.05, 4.69) is 28.8 Å². The SMILES string of the molecule is CC1CCCN(CCCCN=C(N)N(C)C2CC2)C1.I. The van der Waals surface area contributed by atoms with Crippen molar-refractivity contribution in [3.63, 3.8) is 0 Å². The zero-order valence-corrected chi connectivity index (χ0v) is 15.4. The van der Waals surface area contributed by atoms with E-state index in [1.165, 1.54) is 51.7 Å². The second kappa shape index (κ2) is 9.07. The predicted molar refractivity (Wildman–Crippen MR) is 96.8 cm³/mol. The summed E-state index contributed by atoms with van der Waals surface area (Å²) in [7, 11) is 2.06. The van der Waals surface area contributed by atoms with Crippen molar-refractivity contribution in [3.8, 4) is 0 Å². The third-order valence-corrected chi connectivity index (χ3v) is 4.35. The molecule has 1 saturated carbocycles. The van der Waals surface area contributed by atoms with Crippen LogP contribution in [0.2, 0.25) is 0 Å². The van der Waals surface area contributed by atoms with E-state index >= 15 is 0 Å². The molecule has 2 aliphatic rings. The van der Waals surface area contributed by atoms with Gasteiger partial charge in [0.15, 0.2) is 5.96 Å². The Balaban J connectivity index is 0.00000200. The Kier molecular flexibility index (Phi) is 8.17. The number of halogens is 1. The van der Waals surface area contributed by atoms with Gasteiger partial charge in [0.1, 0.15) is 0 Å². The van der Waals surface area contributed by atoms with Crippen molar-refractivity contribution in [1.82, 2.24) is 9.80 Å². The molecule has 118 valence electrons. The second-order valence-electron chi connectivity index (χ2n) is 6.34. The van der Waals surface area contributed by atoms with E-state index in [9.17, 15) is 0 Å². The van der Waals surface area contributed by atoms with Crippen LogP contribution in [-0.2, 0) is 0 Å². The molecule has 1 heterocycles. The highest BCUT2D eigenvalue weighted by atomic mass is 127. The van der Waals surface area contributed by atoms with Gasteiger partial charge in [-0.1, -0.05) is 6.92 Å². The molecule has 2 fully saturated rings. The van der Waals surface area contributed by atoms with E-state index in [0.717, 1.165) is 24.8 Å². The summed E-state index contributed by atoms with van der Waals surface area (Å²) < 4.78 is 0. The van der Waals surface area contributed by atoms with Crippen LogP contribution in [0.15, 0.2) is 4.99 Å². The van der Waals surface area contributed by atoms with Gasteiger partial charge in [0.2, 0.25) is 0 Å². The summed E-state index contributed by atoms with van der Waals surface area (Å²) in [6.07, 6.45) is 7.74. The van der Waals surface area contributed by atoms with Crippen molar-refractivity contribution in [1.29, 1.82) is 0 Å². The average Bonchev–Trinajstić information content (AvgIpc) is 3.21. The van der Waals surface area contributed by atoms with Crippen LogP contribution < -0.4 is 5.73 Å². The molecule has 0 aromatic carbocycles. The fourth-order valence-electron chi connectivity index (χ4n) is 2.89. The lowest BCUT2D eigenvalue weighted by molar-refractivity contribution is 0.181. The number of aliphatic imine (C=N–C) groups is 1. The highest BCUT2D eigenvalue weighted by molar-refractivity contribution is 14.0. The first kappa shape index (κ1) is 18.0. The third kappa shape index (κ3) is 6.16. The van der Waals surface area contributed by atoms with Gasteiger partial charge < -0.3 is 15.5 Å². The molecule has 2 N–H and O–H groups in total. The van der Waals surface area contributed by atoms with Crippen LogP contribution in [0.1, 0.15) is 45.4 Å². The van der Waals surface area contributed by atoms with Crippen molar-refractivity contribution in [3.05, 3.63) is 0 Å². The number of unbranched alkanes of at least 4 members (excludes halogenated alkanes) is 1. The van der Waals surface area contributed by atoms with E-state index in [0.29, 0.717) is 6.04 Å². The number of hydrogen-bond acceptors (Lipinski definition) is 2. The van der Waals surface area contributed by atoms with Gasteiger partial charge >= 0.3 is 0 Å². The fourth-order valence-corrected chi connectivity index (χ4v) is 2.89. The molecular formula is C15H31IN4. The van der Waals surface area contributed by atoms with Crippen LogP contribution in [0.4, 0.5) is 0 Å². The van der Waals surface area contributed by atoms with Crippen molar-refractivity contribution in [2.24, 2.45) is 16.6 Å². The molecule has 1 aliphatic carbocycles. The first-order valence-electron chi connectivity index (χ1n) is 7.92. The Labute approximate surface area is 141 Å². The van der Waals surface area contributed by atoms with Crippen molar-refractivity contribution < 1.29 is 0 Å². The number of guanidine groups is 1. The van der Waals surface area contributed by atoms with Crippen LogP contribution in [0, 0.1) is 5.92 Å². The minimum Gasteiger partial charge on any atom is -0.370 e. The molecule has 1 aliphatic heterocycles. The van der Waals surface area contributed by atoms with Crippen LogP contribution in [0.3, 0.4) is 0 Å². The minimum atomic E-state index is 0. The topological polar surface area (TPSA) is 44.9 Å².